The molecule has 1 saturated carbocycles. The zero-order valence-electron chi connectivity index (χ0n) is 10.9. The van der Waals surface area contributed by atoms with E-state index in [1.807, 2.05) is 25.1 Å². The van der Waals surface area contributed by atoms with Crippen LogP contribution in [0.25, 0.3) is 0 Å². The van der Waals surface area contributed by atoms with E-state index in [9.17, 15) is 5.11 Å². The number of aliphatic hydroxyl groups is 1. The third kappa shape index (κ3) is 3.07. The number of hydrogen-bond donors (Lipinski definition) is 3. The molecule has 1 aliphatic rings. The fourth-order valence-electron chi connectivity index (χ4n) is 2.39. The Morgan fingerprint density at radius 2 is 2.06 bits per heavy atom. The minimum absolute atomic E-state index is 0.129. The van der Waals surface area contributed by atoms with E-state index in [4.69, 9.17) is 10.5 Å². The molecule has 4 nitrogen and oxygen atoms in total. The minimum atomic E-state index is -0.129. The molecule has 1 aliphatic carbocycles. The Morgan fingerprint density at radius 1 is 1.33 bits per heavy atom. The lowest BCUT2D eigenvalue weighted by Crippen LogP contribution is -2.28. The Labute approximate surface area is 108 Å². The summed E-state index contributed by atoms with van der Waals surface area (Å²) >= 11 is 0. The number of aliphatic hydroxyl groups excluding tert-OH is 1. The van der Waals surface area contributed by atoms with E-state index in [0.29, 0.717) is 18.3 Å². The van der Waals surface area contributed by atoms with Crippen molar-refractivity contribution in [2.45, 2.75) is 44.8 Å². The Morgan fingerprint density at radius 3 is 2.72 bits per heavy atom. The van der Waals surface area contributed by atoms with Crippen LogP contribution in [0.5, 0.6) is 5.75 Å². The van der Waals surface area contributed by atoms with Crippen molar-refractivity contribution in [1.29, 1.82) is 0 Å². The molecule has 1 aromatic carbocycles. The largest absolute Gasteiger partial charge is 0.492 e. The number of hydrogen-bond acceptors (Lipinski definition) is 4. The summed E-state index contributed by atoms with van der Waals surface area (Å²) in [5.41, 5.74) is 7.68. The highest BCUT2D eigenvalue weighted by molar-refractivity contribution is 5.73. The molecule has 0 aromatic heterocycles. The first-order valence-corrected chi connectivity index (χ1v) is 6.66. The lowest BCUT2D eigenvalue weighted by molar-refractivity contribution is 0.126. The molecule has 0 saturated heterocycles. The van der Waals surface area contributed by atoms with Gasteiger partial charge in [-0.25, -0.2) is 0 Å². The first-order valence-electron chi connectivity index (χ1n) is 6.66. The topological polar surface area (TPSA) is 67.5 Å². The maximum Gasteiger partial charge on any atom is 0.144 e. The highest BCUT2D eigenvalue weighted by atomic mass is 16.5. The first kappa shape index (κ1) is 13.0. The maximum atomic E-state index is 9.49. The van der Waals surface area contributed by atoms with Crippen molar-refractivity contribution in [3.8, 4) is 5.75 Å². The molecule has 0 heterocycles. The molecule has 0 atom stereocenters. The zero-order chi connectivity index (χ0) is 13.0. The average molecular weight is 250 g/mol. The van der Waals surface area contributed by atoms with Crippen molar-refractivity contribution < 1.29 is 9.84 Å². The number of ether oxygens (including phenoxy) is 1. The molecule has 0 spiro atoms. The van der Waals surface area contributed by atoms with Crippen LogP contribution in [-0.2, 0) is 0 Å². The van der Waals surface area contributed by atoms with E-state index in [1.54, 1.807) is 0 Å². The molecule has 18 heavy (non-hydrogen) atoms. The van der Waals surface area contributed by atoms with Gasteiger partial charge in [-0.15, -0.1) is 0 Å². The normalized spacial score (nSPS) is 23.7. The van der Waals surface area contributed by atoms with Gasteiger partial charge < -0.3 is 20.9 Å². The number of benzene rings is 1. The average Bonchev–Trinajstić information content (AvgIpc) is 2.37. The smallest absolute Gasteiger partial charge is 0.144 e. The Kier molecular flexibility index (Phi) is 4.31. The van der Waals surface area contributed by atoms with Gasteiger partial charge in [-0.05, 0) is 44.7 Å². The predicted molar refractivity (Wildman–Crippen MR) is 73.9 cm³/mol. The molecule has 0 amide bonds. The molecule has 1 fully saturated rings. The maximum absolute atomic E-state index is 9.49. The number of nitrogens with one attached hydrogen (secondary N) is 1. The number of rotatable bonds is 4. The molecule has 2 rings (SSSR count). The van der Waals surface area contributed by atoms with Gasteiger partial charge in [0.25, 0.3) is 0 Å². The molecular formula is C14H22N2O2. The predicted octanol–water partition coefficient (Wildman–Crippen LogP) is 2.38. The second-order valence-electron chi connectivity index (χ2n) is 4.80. The van der Waals surface area contributed by atoms with Crippen molar-refractivity contribution in [1.82, 2.24) is 0 Å². The van der Waals surface area contributed by atoms with Crippen LogP contribution in [-0.4, -0.2) is 23.9 Å². The van der Waals surface area contributed by atoms with Crippen molar-refractivity contribution in [2.75, 3.05) is 17.7 Å². The van der Waals surface area contributed by atoms with Crippen molar-refractivity contribution >= 4 is 11.4 Å². The van der Waals surface area contributed by atoms with Crippen LogP contribution in [0, 0.1) is 0 Å². The van der Waals surface area contributed by atoms with Gasteiger partial charge in [0.1, 0.15) is 5.75 Å². The molecule has 0 aliphatic heterocycles. The molecule has 100 valence electrons. The van der Waals surface area contributed by atoms with Gasteiger partial charge in [0.15, 0.2) is 0 Å². The summed E-state index contributed by atoms with van der Waals surface area (Å²) in [5.74, 6) is 0.735. The second kappa shape index (κ2) is 5.96. The Bertz CT molecular complexity index is 387. The fourth-order valence-corrected chi connectivity index (χ4v) is 2.39. The van der Waals surface area contributed by atoms with E-state index >= 15 is 0 Å². The van der Waals surface area contributed by atoms with E-state index in [2.05, 4.69) is 5.32 Å². The standard InChI is InChI=1S/C14H22N2O2/c1-2-18-13-5-3-4-12(14(13)15)16-10-6-8-11(17)9-7-10/h3-5,10-11,16-17H,2,6-9,15H2,1H3. The summed E-state index contributed by atoms with van der Waals surface area (Å²) in [5, 5.41) is 12.9. The molecular weight excluding hydrogens is 228 g/mol. The van der Waals surface area contributed by atoms with Gasteiger partial charge in [0.2, 0.25) is 0 Å². The Balaban J connectivity index is 2.02. The summed E-state index contributed by atoms with van der Waals surface area (Å²) in [4.78, 5) is 0. The fraction of sp³-hybridized carbons (Fsp3) is 0.571. The third-order valence-corrected chi connectivity index (χ3v) is 3.42. The third-order valence-electron chi connectivity index (χ3n) is 3.42. The molecule has 0 radical (unpaired) electrons. The highest BCUT2D eigenvalue weighted by Gasteiger charge is 2.20. The summed E-state index contributed by atoms with van der Waals surface area (Å²) < 4.78 is 5.48. The van der Waals surface area contributed by atoms with Crippen LogP contribution in [0.15, 0.2) is 18.2 Å². The zero-order valence-corrected chi connectivity index (χ0v) is 10.9. The quantitative estimate of drug-likeness (QED) is 0.718. The number of nitrogens with two attached hydrogens (primary N) is 1. The molecule has 4 N–H and O–H groups in total. The molecule has 1 aromatic rings. The SMILES string of the molecule is CCOc1cccc(NC2CCC(O)CC2)c1N. The van der Waals surface area contributed by atoms with Crippen molar-refractivity contribution in [2.24, 2.45) is 0 Å². The van der Waals surface area contributed by atoms with E-state index in [0.717, 1.165) is 37.1 Å². The minimum Gasteiger partial charge on any atom is -0.492 e. The number of para-hydroxylation sites is 1. The van der Waals surface area contributed by atoms with Crippen LogP contribution in [0.3, 0.4) is 0 Å². The highest BCUT2D eigenvalue weighted by Crippen LogP contribution is 2.31. The van der Waals surface area contributed by atoms with Gasteiger partial charge in [-0.3, -0.25) is 0 Å². The van der Waals surface area contributed by atoms with Crippen molar-refractivity contribution in [3.63, 3.8) is 0 Å². The number of anilines is 2. The molecule has 4 heteroatoms. The Hall–Kier alpha value is -1.42. The number of nitrogen functional groups attached to an aromatic ring is 1. The van der Waals surface area contributed by atoms with Crippen LogP contribution in [0.2, 0.25) is 0 Å². The van der Waals surface area contributed by atoms with Gasteiger partial charge in [-0.1, -0.05) is 6.07 Å². The van der Waals surface area contributed by atoms with Gasteiger partial charge in [0, 0.05) is 6.04 Å². The summed E-state index contributed by atoms with van der Waals surface area (Å²) in [6.45, 7) is 2.56. The van der Waals surface area contributed by atoms with Crippen LogP contribution >= 0.6 is 0 Å². The summed E-state index contributed by atoms with van der Waals surface area (Å²) in [6, 6.07) is 6.20. The molecule has 0 unspecified atom stereocenters. The first-order chi connectivity index (χ1) is 8.70. The van der Waals surface area contributed by atoms with Crippen LogP contribution in [0.4, 0.5) is 11.4 Å². The van der Waals surface area contributed by atoms with Crippen molar-refractivity contribution in [3.05, 3.63) is 18.2 Å². The van der Waals surface area contributed by atoms with Gasteiger partial charge >= 0.3 is 0 Å². The van der Waals surface area contributed by atoms with Gasteiger partial charge in [0.05, 0.1) is 24.1 Å². The lowest BCUT2D eigenvalue weighted by Gasteiger charge is -2.27. The summed E-state index contributed by atoms with van der Waals surface area (Å²) in [7, 11) is 0. The van der Waals surface area contributed by atoms with E-state index < -0.39 is 0 Å². The lowest BCUT2D eigenvalue weighted by atomic mass is 9.93. The van der Waals surface area contributed by atoms with Crippen LogP contribution < -0.4 is 15.8 Å². The van der Waals surface area contributed by atoms with E-state index in [1.165, 1.54) is 0 Å². The van der Waals surface area contributed by atoms with Gasteiger partial charge in [-0.2, -0.15) is 0 Å². The van der Waals surface area contributed by atoms with Crippen LogP contribution in [0.1, 0.15) is 32.6 Å². The molecule has 0 bridgehead atoms. The summed E-state index contributed by atoms with van der Waals surface area (Å²) in [6.07, 6.45) is 3.57. The van der Waals surface area contributed by atoms with E-state index in [-0.39, 0.29) is 6.10 Å². The second-order valence-corrected chi connectivity index (χ2v) is 4.80. The monoisotopic (exact) mass is 250 g/mol.